The van der Waals surface area contributed by atoms with Crippen LogP contribution in [0.3, 0.4) is 0 Å². The molecule has 3 fully saturated rings. The number of rotatable bonds is 2. The zero-order valence-electron chi connectivity index (χ0n) is 22.0. The number of nitrogens with one attached hydrogen (secondary N) is 1. The number of fused-ring (bicyclic) bond motifs is 4. The molecule has 9 unspecified atom stereocenters. The van der Waals surface area contributed by atoms with E-state index >= 15 is 8.78 Å². The number of ether oxygens (including phenoxy) is 2. The first-order valence-corrected chi connectivity index (χ1v) is 15.8. The van der Waals surface area contributed by atoms with E-state index in [0.29, 0.717) is 0 Å². The van der Waals surface area contributed by atoms with Crippen molar-refractivity contribution < 1.29 is 49.4 Å². The van der Waals surface area contributed by atoms with E-state index in [1.54, 1.807) is 0 Å². The molecule has 0 bridgehead atoms. The SMILES string of the molecule is Nc1ccnc2c1ncn2C1OC2COP(=O)(O)OC3C(CNS(=O)(=O)OC2C1F)OC(n1cnc2c(N)ncnc21)C3F. The Morgan fingerprint density at radius 1 is 0.955 bits per heavy atom. The number of nitrogens with two attached hydrogens (primary N) is 2. The van der Waals surface area contributed by atoms with Crippen LogP contribution in [0, 0.1) is 0 Å². The molecule has 0 spiro atoms. The fourth-order valence-corrected chi connectivity index (χ4v) is 7.20. The molecule has 3 saturated heterocycles. The highest BCUT2D eigenvalue weighted by atomic mass is 32.2. The summed E-state index contributed by atoms with van der Waals surface area (Å²) in [4.78, 5) is 30.6. The quantitative estimate of drug-likeness (QED) is 0.200. The largest absolute Gasteiger partial charge is 0.472 e. The summed E-state index contributed by atoms with van der Waals surface area (Å²) in [5.41, 5.74) is 12.5. The minimum Gasteiger partial charge on any atom is -0.397 e. The van der Waals surface area contributed by atoms with Crippen molar-refractivity contribution in [1.82, 2.24) is 38.8 Å². The van der Waals surface area contributed by atoms with Crippen LogP contribution in [0.4, 0.5) is 20.3 Å². The predicted octanol–water partition coefficient (Wildman–Crippen LogP) is -0.358. The number of nitrogen functional groups attached to an aromatic ring is 2. The Hall–Kier alpha value is -3.47. The molecule has 44 heavy (non-hydrogen) atoms. The highest BCUT2D eigenvalue weighted by Gasteiger charge is 2.54. The molecule has 19 nitrogen and oxygen atoms in total. The second kappa shape index (κ2) is 10.6. The molecule has 7 heterocycles. The minimum atomic E-state index is -5.11. The van der Waals surface area contributed by atoms with Gasteiger partial charge in [-0.1, -0.05) is 0 Å². The van der Waals surface area contributed by atoms with Crippen molar-refractivity contribution in [3.8, 4) is 0 Å². The van der Waals surface area contributed by atoms with Crippen molar-refractivity contribution in [2.75, 3.05) is 24.6 Å². The van der Waals surface area contributed by atoms with Crippen molar-refractivity contribution >= 4 is 52.0 Å². The predicted molar refractivity (Wildman–Crippen MR) is 142 cm³/mol. The molecule has 7 rings (SSSR count). The molecule has 3 aliphatic heterocycles. The van der Waals surface area contributed by atoms with Gasteiger partial charge in [0.1, 0.15) is 41.8 Å². The summed E-state index contributed by atoms with van der Waals surface area (Å²) in [5, 5.41) is 0. The van der Waals surface area contributed by atoms with E-state index in [-0.39, 0.29) is 33.8 Å². The summed E-state index contributed by atoms with van der Waals surface area (Å²) in [5.74, 6) is 0.00542. The number of pyridine rings is 1. The van der Waals surface area contributed by atoms with Gasteiger partial charge >= 0.3 is 18.1 Å². The second-order valence-corrected chi connectivity index (χ2v) is 12.8. The number of anilines is 2. The first kappa shape index (κ1) is 29.3. The van der Waals surface area contributed by atoms with Crippen LogP contribution < -0.4 is 16.2 Å². The molecule has 23 heteroatoms. The fraction of sp³-hybridized carbons (Fsp3) is 0.476. The number of aromatic nitrogens is 7. The van der Waals surface area contributed by atoms with Crippen molar-refractivity contribution in [3.63, 3.8) is 0 Å². The Kier molecular flexibility index (Phi) is 7.02. The van der Waals surface area contributed by atoms with Gasteiger partial charge in [-0.2, -0.15) is 13.1 Å². The number of nitrogens with zero attached hydrogens (tertiary/aromatic N) is 7. The number of phosphoric acid groups is 1. The average molecular weight is 661 g/mol. The lowest BCUT2D eigenvalue weighted by Crippen LogP contribution is -2.45. The number of alkyl halides is 2. The fourth-order valence-electron chi connectivity index (χ4n) is 5.29. The third kappa shape index (κ3) is 4.97. The summed E-state index contributed by atoms with van der Waals surface area (Å²) < 4.78 is 102. The molecular weight excluding hydrogens is 637 g/mol. The Morgan fingerprint density at radius 2 is 1.61 bits per heavy atom. The maximum absolute atomic E-state index is 15.8. The number of imidazole rings is 2. The summed E-state index contributed by atoms with van der Waals surface area (Å²) >= 11 is 0. The van der Waals surface area contributed by atoms with Gasteiger partial charge in [0.25, 0.3) is 0 Å². The lowest BCUT2D eigenvalue weighted by Gasteiger charge is -2.26. The van der Waals surface area contributed by atoms with Crippen LogP contribution in [0.15, 0.2) is 31.2 Å². The number of phosphoric ester groups is 1. The van der Waals surface area contributed by atoms with E-state index in [2.05, 4.69) is 29.6 Å². The minimum absolute atomic E-state index is 0.00542. The Morgan fingerprint density at radius 3 is 2.36 bits per heavy atom. The highest BCUT2D eigenvalue weighted by molar-refractivity contribution is 7.84. The van der Waals surface area contributed by atoms with Crippen LogP contribution in [-0.2, 0) is 37.6 Å². The van der Waals surface area contributed by atoms with Crippen molar-refractivity contribution in [2.45, 2.75) is 49.2 Å². The van der Waals surface area contributed by atoms with E-state index in [9.17, 15) is 17.9 Å². The van der Waals surface area contributed by atoms with E-state index in [4.69, 9.17) is 34.2 Å². The molecule has 0 saturated carbocycles. The smallest absolute Gasteiger partial charge is 0.397 e. The van der Waals surface area contributed by atoms with Gasteiger partial charge in [0, 0.05) is 12.7 Å². The summed E-state index contributed by atoms with van der Waals surface area (Å²) in [6.45, 7) is -1.62. The van der Waals surface area contributed by atoms with Gasteiger partial charge in [0.15, 0.2) is 41.9 Å². The van der Waals surface area contributed by atoms with Crippen molar-refractivity contribution in [2.24, 2.45) is 0 Å². The van der Waals surface area contributed by atoms with Crippen LogP contribution in [0.1, 0.15) is 12.5 Å². The van der Waals surface area contributed by atoms with E-state index in [1.807, 2.05) is 0 Å². The molecule has 0 aliphatic carbocycles. The second-order valence-electron chi connectivity index (χ2n) is 10.0. The first-order valence-electron chi connectivity index (χ1n) is 12.8. The molecule has 6 N–H and O–H groups in total. The molecular formula is C21H23F2N10O9PS. The monoisotopic (exact) mass is 660 g/mol. The van der Waals surface area contributed by atoms with E-state index in [1.165, 1.54) is 23.2 Å². The number of hydrogen-bond donors (Lipinski definition) is 4. The first-order chi connectivity index (χ1) is 20.9. The van der Waals surface area contributed by atoms with Crippen molar-refractivity contribution in [1.29, 1.82) is 0 Å². The Labute approximate surface area is 245 Å². The lowest BCUT2D eigenvalue weighted by molar-refractivity contribution is -0.0496. The average Bonchev–Trinajstić information content (AvgIpc) is 3.73. The summed E-state index contributed by atoms with van der Waals surface area (Å²) in [7, 11) is -9.87. The molecule has 4 aromatic rings. The van der Waals surface area contributed by atoms with E-state index < -0.39 is 80.5 Å². The molecule has 236 valence electrons. The van der Waals surface area contributed by atoms with Gasteiger partial charge in [-0.3, -0.25) is 18.2 Å². The Bertz CT molecular complexity index is 1900. The van der Waals surface area contributed by atoms with Crippen LogP contribution >= 0.6 is 7.82 Å². The van der Waals surface area contributed by atoms with Crippen LogP contribution in [0.2, 0.25) is 0 Å². The standard InChI is InChI=1S/C21H23F2N10O9PS/c22-11-15-9(39-20(11)33-7-30-14-17(25)27-5-28-19(14)33)3-31-44(36,37)42-16-10(4-38-43(34,35)41-15)40-21(12(16)23)32-6-29-13-8(24)1-2-26-18(13)32/h1-2,5-7,9-12,15-16,20-21,31H,3-4H2,(H2,24,26)(H,34,35)(H2,25,27,28). The highest BCUT2D eigenvalue weighted by Crippen LogP contribution is 2.50. The van der Waals surface area contributed by atoms with Gasteiger partial charge < -0.3 is 25.8 Å². The molecule has 0 aromatic carbocycles. The normalized spacial score (nSPS) is 36.1. The molecule has 4 aromatic heterocycles. The summed E-state index contributed by atoms with van der Waals surface area (Å²) in [6, 6.07) is 1.48. The topological polar surface area (TPSA) is 256 Å². The molecule has 3 aliphatic rings. The zero-order valence-corrected chi connectivity index (χ0v) is 23.7. The molecule has 0 amide bonds. The Balaban J connectivity index is 1.17. The van der Waals surface area contributed by atoms with Gasteiger partial charge in [-0.15, -0.1) is 0 Å². The molecule has 0 radical (unpaired) electrons. The number of hydrogen-bond acceptors (Lipinski definition) is 15. The maximum Gasteiger partial charge on any atom is 0.472 e. The van der Waals surface area contributed by atoms with Gasteiger partial charge in [-0.05, 0) is 6.07 Å². The van der Waals surface area contributed by atoms with Gasteiger partial charge in [0.05, 0.1) is 24.9 Å². The van der Waals surface area contributed by atoms with Crippen molar-refractivity contribution in [3.05, 3.63) is 31.2 Å². The lowest BCUT2D eigenvalue weighted by atomic mass is 10.1. The van der Waals surface area contributed by atoms with Gasteiger partial charge in [-0.25, -0.2) is 42.4 Å². The zero-order chi connectivity index (χ0) is 31.0. The summed E-state index contributed by atoms with van der Waals surface area (Å²) in [6.07, 6.45) is -9.42. The van der Waals surface area contributed by atoms with Crippen LogP contribution in [0.5, 0.6) is 0 Å². The number of halogens is 2. The van der Waals surface area contributed by atoms with Crippen LogP contribution in [-0.4, -0.2) is 97.3 Å². The third-order valence-corrected chi connectivity index (χ3v) is 9.30. The third-order valence-electron chi connectivity index (χ3n) is 7.32. The maximum atomic E-state index is 15.8. The molecule has 9 atom stereocenters. The van der Waals surface area contributed by atoms with Gasteiger partial charge in [0.2, 0.25) is 0 Å². The van der Waals surface area contributed by atoms with Crippen LogP contribution in [0.25, 0.3) is 22.3 Å². The van der Waals surface area contributed by atoms with E-state index in [0.717, 1.165) is 17.2 Å².